The van der Waals surface area contributed by atoms with Crippen molar-refractivity contribution in [3.63, 3.8) is 0 Å². The van der Waals surface area contributed by atoms with Gasteiger partial charge in [0.1, 0.15) is 11.5 Å². The summed E-state index contributed by atoms with van der Waals surface area (Å²) in [7, 11) is 1.54. The van der Waals surface area contributed by atoms with Gasteiger partial charge in [0.25, 0.3) is 5.89 Å². The van der Waals surface area contributed by atoms with Crippen LogP contribution >= 0.6 is 15.9 Å². The molecule has 3 rings (SSSR count). The van der Waals surface area contributed by atoms with Crippen LogP contribution in [0.3, 0.4) is 0 Å². The van der Waals surface area contributed by atoms with Crippen molar-refractivity contribution in [3.05, 3.63) is 46.9 Å². The number of benzene rings is 2. The molecule has 9 heteroatoms. The second kappa shape index (κ2) is 6.75. The molecular formula is C16H10BrF3N2O3. The molecule has 5 nitrogen and oxygen atoms in total. The molecule has 0 unspecified atom stereocenters. The lowest BCUT2D eigenvalue weighted by atomic mass is 10.2. The van der Waals surface area contributed by atoms with Crippen LogP contribution in [0.5, 0.6) is 11.5 Å². The van der Waals surface area contributed by atoms with Crippen LogP contribution in [0.15, 0.2) is 51.5 Å². The number of aromatic nitrogens is 2. The zero-order chi connectivity index (χ0) is 18.0. The minimum absolute atomic E-state index is 0.239. The second-order valence-corrected chi connectivity index (χ2v) is 5.70. The van der Waals surface area contributed by atoms with Crippen LogP contribution in [-0.4, -0.2) is 23.6 Å². The van der Waals surface area contributed by atoms with E-state index in [1.807, 2.05) is 0 Å². The summed E-state index contributed by atoms with van der Waals surface area (Å²) in [6.07, 6.45) is -4.74. The van der Waals surface area contributed by atoms with Crippen LogP contribution in [0.1, 0.15) is 0 Å². The molecule has 3 aromatic rings. The molecule has 1 heterocycles. The van der Waals surface area contributed by atoms with Gasteiger partial charge in [-0.05, 0) is 58.4 Å². The Morgan fingerprint density at radius 2 is 1.72 bits per heavy atom. The molecule has 0 N–H and O–H groups in total. The number of ether oxygens (including phenoxy) is 2. The monoisotopic (exact) mass is 414 g/mol. The molecule has 0 saturated carbocycles. The van der Waals surface area contributed by atoms with Gasteiger partial charge in [-0.3, -0.25) is 0 Å². The Labute approximate surface area is 148 Å². The van der Waals surface area contributed by atoms with Crippen molar-refractivity contribution in [3.8, 4) is 34.3 Å². The Bertz CT molecular complexity index is 879. The molecule has 0 spiro atoms. The number of hydrogen-bond acceptors (Lipinski definition) is 5. The lowest BCUT2D eigenvalue weighted by Gasteiger charge is -2.08. The number of alkyl halides is 3. The van der Waals surface area contributed by atoms with E-state index in [-0.39, 0.29) is 17.5 Å². The summed E-state index contributed by atoms with van der Waals surface area (Å²) >= 11 is 3.39. The molecule has 0 aliphatic heterocycles. The van der Waals surface area contributed by atoms with Crippen molar-refractivity contribution in [2.24, 2.45) is 0 Å². The Morgan fingerprint density at radius 3 is 2.36 bits per heavy atom. The molecule has 1 aromatic heterocycles. The third kappa shape index (κ3) is 4.11. The van der Waals surface area contributed by atoms with Gasteiger partial charge in [0.2, 0.25) is 5.82 Å². The second-order valence-electron chi connectivity index (χ2n) is 4.84. The highest BCUT2D eigenvalue weighted by Gasteiger charge is 2.31. The average Bonchev–Trinajstić information content (AvgIpc) is 3.04. The van der Waals surface area contributed by atoms with Crippen molar-refractivity contribution in [1.29, 1.82) is 0 Å². The quantitative estimate of drug-likeness (QED) is 0.596. The number of halogens is 4. The Hall–Kier alpha value is -2.55. The van der Waals surface area contributed by atoms with Gasteiger partial charge in [-0.2, -0.15) is 4.98 Å². The van der Waals surface area contributed by atoms with E-state index >= 15 is 0 Å². The van der Waals surface area contributed by atoms with E-state index < -0.39 is 6.36 Å². The van der Waals surface area contributed by atoms with Crippen LogP contribution in [0.4, 0.5) is 13.2 Å². The summed E-state index contributed by atoms with van der Waals surface area (Å²) in [4.78, 5) is 4.26. The molecule has 130 valence electrons. The van der Waals surface area contributed by atoms with Crippen molar-refractivity contribution in [2.45, 2.75) is 6.36 Å². The van der Waals surface area contributed by atoms with Crippen molar-refractivity contribution >= 4 is 15.9 Å². The lowest BCUT2D eigenvalue weighted by molar-refractivity contribution is -0.274. The van der Waals surface area contributed by atoms with Gasteiger partial charge in [0.05, 0.1) is 12.7 Å². The van der Waals surface area contributed by atoms with Crippen LogP contribution in [0.2, 0.25) is 0 Å². The van der Waals surface area contributed by atoms with Gasteiger partial charge in [-0.1, -0.05) is 5.16 Å². The fourth-order valence-electron chi connectivity index (χ4n) is 2.05. The van der Waals surface area contributed by atoms with Gasteiger partial charge in [-0.25, -0.2) is 0 Å². The first-order valence-electron chi connectivity index (χ1n) is 6.89. The van der Waals surface area contributed by atoms with Crippen molar-refractivity contribution in [1.82, 2.24) is 10.1 Å². The number of methoxy groups -OCH3 is 1. The minimum Gasteiger partial charge on any atom is -0.497 e. The molecule has 0 fully saturated rings. The highest BCUT2D eigenvalue weighted by molar-refractivity contribution is 9.10. The van der Waals surface area contributed by atoms with E-state index in [0.29, 0.717) is 16.9 Å². The van der Waals surface area contributed by atoms with E-state index in [1.165, 1.54) is 31.4 Å². The smallest absolute Gasteiger partial charge is 0.497 e. The normalized spacial score (nSPS) is 11.4. The summed E-state index contributed by atoms with van der Waals surface area (Å²) in [5, 5.41) is 3.85. The third-order valence-corrected chi connectivity index (χ3v) is 3.87. The highest BCUT2D eigenvalue weighted by Crippen LogP contribution is 2.32. The average molecular weight is 415 g/mol. The zero-order valence-electron chi connectivity index (χ0n) is 12.7. The van der Waals surface area contributed by atoms with Gasteiger partial charge < -0.3 is 14.0 Å². The van der Waals surface area contributed by atoms with Crippen molar-refractivity contribution < 1.29 is 27.2 Å². The van der Waals surface area contributed by atoms with E-state index in [9.17, 15) is 13.2 Å². The SMILES string of the molecule is COc1ccc(Br)c(-c2nc(-c3ccc(OC(F)(F)F)cc3)no2)c1. The molecule has 0 atom stereocenters. The first-order valence-corrected chi connectivity index (χ1v) is 7.69. The van der Waals surface area contributed by atoms with E-state index in [0.717, 1.165) is 4.47 Å². The standard InChI is InChI=1S/C16H10BrF3N2O3/c1-23-11-6-7-13(17)12(8-11)15-21-14(22-25-15)9-2-4-10(5-3-9)24-16(18,19)20/h2-8H,1H3. The molecule has 0 amide bonds. The fraction of sp³-hybridized carbons (Fsp3) is 0.125. The summed E-state index contributed by atoms with van der Waals surface area (Å²) in [5.41, 5.74) is 1.12. The maximum atomic E-state index is 12.2. The predicted molar refractivity (Wildman–Crippen MR) is 86.1 cm³/mol. The van der Waals surface area contributed by atoms with E-state index in [4.69, 9.17) is 9.26 Å². The van der Waals surface area contributed by atoms with Crippen LogP contribution in [0.25, 0.3) is 22.8 Å². The lowest BCUT2D eigenvalue weighted by Crippen LogP contribution is -2.16. The zero-order valence-corrected chi connectivity index (χ0v) is 14.3. The summed E-state index contributed by atoms with van der Waals surface area (Å²) < 4.78 is 51.5. The van der Waals surface area contributed by atoms with Crippen LogP contribution < -0.4 is 9.47 Å². The summed E-state index contributed by atoms with van der Waals surface area (Å²) in [6, 6.07) is 10.5. The molecular weight excluding hydrogens is 405 g/mol. The largest absolute Gasteiger partial charge is 0.573 e. The molecule has 0 aliphatic carbocycles. The molecule has 25 heavy (non-hydrogen) atoms. The van der Waals surface area contributed by atoms with Gasteiger partial charge >= 0.3 is 6.36 Å². The van der Waals surface area contributed by atoms with Gasteiger partial charge in [0, 0.05) is 10.0 Å². The first kappa shape index (κ1) is 17.3. The maximum Gasteiger partial charge on any atom is 0.573 e. The topological polar surface area (TPSA) is 57.4 Å². The Morgan fingerprint density at radius 1 is 1.04 bits per heavy atom. The number of nitrogens with zero attached hydrogens (tertiary/aromatic N) is 2. The predicted octanol–water partition coefficient (Wildman–Crippen LogP) is 5.07. The van der Waals surface area contributed by atoms with E-state index in [2.05, 4.69) is 30.8 Å². The molecule has 0 radical (unpaired) electrons. The minimum atomic E-state index is -4.74. The number of hydrogen-bond donors (Lipinski definition) is 0. The van der Waals surface area contributed by atoms with Gasteiger partial charge in [-0.15, -0.1) is 13.2 Å². The summed E-state index contributed by atoms with van der Waals surface area (Å²) in [6.45, 7) is 0. The third-order valence-electron chi connectivity index (χ3n) is 3.18. The molecule has 0 saturated heterocycles. The van der Waals surface area contributed by atoms with E-state index in [1.54, 1.807) is 18.2 Å². The summed E-state index contributed by atoms with van der Waals surface area (Å²) in [5.74, 6) is 0.779. The van der Waals surface area contributed by atoms with Crippen LogP contribution in [0, 0.1) is 0 Å². The molecule has 0 aliphatic rings. The maximum absolute atomic E-state index is 12.2. The number of rotatable bonds is 4. The fourth-order valence-corrected chi connectivity index (χ4v) is 2.47. The Balaban J connectivity index is 1.87. The Kier molecular flexibility index (Phi) is 4.67. The highest BCUT2D eigenvalue weighted by atomic mass is 79.9. The molecule has 2 aromatic carbocycles. The van der Waals surface area contributed by atoms with Gasteiger partial charge in [0.15, 0.2) is 0 Å². The van der Waals surface area contributed by atoms with Crippen LogP contribution in [-0.2, 0) is 0 Å². The molecule has 0 bridgehead atoms. The van der Waals surface area contributed by atoms with Crippen molar-refractivity contribution in [2.75, 3.05) is 7.11 Å². The first-order chi connectivity index (χ1) is 11.9.